The highest BCUT2D eigenvalue weighted by Crippen LogP contribution is 2.29. The highest BCUT2D eigenvalue weighted by molar-refractivity contribution is 8.00. The van der Waals surface area contributed by atoms with Gasteiger partial charge in [-0.3, -0.25) is 4.79 Å². The maximum Gasteiger partial charge on any atom is 0.230 e. The van der Waals surface area contributed by atoms with Gasteiger partial charge in [-0.15, -0.1) is 0 Å². The Morgan fingerprint density at radius 3 is 2.61 bits per heavy atom. The normalized spacial score (nSPS) is 11.1. The Morgan fingerprint density at radius 2 is 1.89 bits per heavy atom. The van der Waals surface area contributed by atoms with Crippen LogP contribution < -0.4 is 5.32 Å². The molecule has 0 saturated heterocycles. The maximum absolute atomic E-state index is 12.2. The molecule has 146 valence electrons. The SMILES string of the molecule is CCc1ccc2nc(-c3ccccc3)nc(SCC(=O)NCCC(C)C)c2c1. The summed E-state index contributed by atoms with van der Waals surface area (Å²) in [6.07, 6.45) is 1.95. The van der Waals surface area contributed by atoms with E-state index in [1.807, 2.05) is 30.3 Å². The number of aryl methyl sites for hydroxylation is 1. The van der Waals surface area contributed by atoms with Crippen LogP contribution in [0, 0.1) is 5.92 Å². The minimum Gasteiger partial charge on any atom is -0.355 e. The molecular weight excluding hydrogens is 366 g/mol. The first-order chi connectivity index (χ1) is 13.6. The largest absolute Gasteiger partial charge is 0.355 e. The van der Waals surface area contributed by atoms with E-state index in [4.69, 9.17) is 9.97 Å². The lowest BCUT2D eigenvalue weighted by Gasteiger charge is -2.11. The summed E-state index contributed by atoms with van der Waals surface area (Å²) in [7, 11) is 0. The number of amides is 1. The van der Waals surface area contributed by atoms with Crippen LogP contribution in [0.1, 0.15) is 32.8 Å². The fraction of sp³-hybridized carbons (Fsp3) is 0.348. The minimum absolute atomic E-state index is 0.0466. The van der Waals surface area contributed by atoms with Crippen LogP contribution in [-0.2, 0) is 11.2 Å². The number of hydrogen-bond acceptors (Lipinski definition) is 4. The monoisotopic (exact) mass is 393 g/mol. The van der Waals surface area contributed by atoms with E-state index in [9.17, 15) is 4.79 Å². The molecule has 3 rings (SSSR count). The van der Waals surface area contributed by atoms with Crippen molar-refractivity contribution >= 4 is 28.6 Å². The van der Waals surface area contributed by atoms with Crippen molar-refractivity contribution in [3.63, 3.8) is 0 Å². The van der Waals surface area contributed by atoms with Gasteiger partial charge in [0.15, 0.2) is 5.82 Å². The number of carbonyl (C=O) groups excluding carboxylic acids is 1. The number of carbonyl (C=O) groups is 1. The zero-order chi connectivity index (χ0) is 19.9. The van der Waals surface area contributed by atoms with E-state index in [1.165, 1.54) is 17.3 Å². The second-order valence-electron chi connectivity index (χ2n) is 7.24. The molecule has 3 aromatic rings. The fourth-order valence-electron chi connectivity index (χ4n) is 2.88. The van der Waals surface area contributed by atoms with Gasteiger partial charge in [-0.2, -0.15) is 0 Å². The molecule has 0 atom stereocenters. The topological polar surface area (TPSA) is 54.9 Å². The third-order valence-electron chi connectivity index (χ3n) is 4.55. The standard InChI is InChI=1S/C23H27N3OS/c1-4-17-10-11-20-19(14-17)23(28-15-21(27)24-13-12-16(2)3)26-22(25-20)18-8-6-5-7-9-18/h5-11,14,16H,4,12-13,15H2,1-3H3,(H,24,27). The third-order valence-corrected chi connectivity index (χ3v) is 5.54. The number of rotatable bonds is 8. The molecule has 0 radical (unpaired) electrons. The predicted octanol–water partition coefficient (Wildman–Crippen LogP) is 5.11. The van der Waals surface area contributed by atoms with Gasteiger partial charge >= 0.3 is 0 Å². The third kappa shape index (κ3) is 5.32. The average Bonchev–Trinajstić information content (AvgIpc) is 2.71. The summed E-state index contributed by atoms with van der Waals surface area (Å²) in [6.45, 7) is 7.17. The molecule has 0 saturated carbocycles. The summed E-state index contributed by atoms with van der Waals surface area (Å²) in [4.78, 5) is 21.8. The van der Waals surface area contributed by atoms with Crippen LogP contribution in [0.25, 0.3) is 22.3 Å². The summed E-state index contributed by atoms with van der Waals surface area (Å²) in [6, 6.07) is 16.3. The number of fused-ring (bicyclic) bond motifs is 1. The first-order valence-corrected chi connectivity index (χ1v) is 10.8. The molecule has 1 amide bonds. The zero-order valence-corrected chi connectivity index (χ0v) is 17.6. The highest BCUT2D eigenvalue weighted by Gasteiger charge is 2.12. The van der Waals surface area contributed by atoms with Crippen LogP contribution in [0.15, 0.2) is 53.6 Å². The van der Waals surface area contributed by atoms with Crippen molar-refractivity contribution in [1.82, 2.24) is 15.3 Å². The highest BCUT2D eigenvalue weighted by atomic mass is 32.2. The molecule has 1 N–H and O–H groups in total. The molecule has 4 nitrogen and oxygen atoms in total. The van der Waals surface area contributed by atoms with Gasteiger partial charge in [0, 0.05) is 17.5 Å². The zero-order valence-electron chi connectivity index (χ0n) is 16.7. The van der Waals surface area contributed by atoms with E-state index < -0.39 is 0 Å². The molecule has 0 unspecified atom stereocenters. The minimum atomic E-state index is 0.0466. The number of nitrogens with zero attached hydrogens (tertiary/aromatic N) is 2. The Bertz CT molecular complexity index is 941. The summed E-state index contributed by atoms with van der Waals surface area (Å²) >= 11 is 1.48. The van der Waals surface area contributed by atoms with Gasteiger partial charge in [0.2, 0.25) is 5.91 Å². The lowest BCUT2D eigenvalue weighted by atomic mass is 10.1. The van der Waals surface area contributed by atoms with E-state index in [0.29, 0.717) is 17.5 Å². The maximum atomic E-state index is 12.2. The second kappa shape index (κ2) is 9.69. The molecule has 5 heteroatoms. The van der Waals surface area contributed by atoms with Crippen molar-refractivity contribution in [1.29, 1.82) is 0 Å². The van der Waals surface area contributed by atoms with E-state index in [-0.39, 0.29) is 5.91 Å². The number of nitrogens with one attached hydrogen (secondary N) is 1. The number of benzene rings is 2. The molecule has 0 fully saturated rings. The van der Waals surface area contributed by atoms with Gasteiger partial charge in [0.05, 0.1) is 11.3 Å². The van der Waals surface area contributed by atoms with Gasteiger partial charge in [-0.1, -0.05) is 68.9 Å². The first-order valence-electron chi connectivity index (χ1n) is 9.82. The molecule has 0 aliphatic carbocycles. The summed E-state index contributed by atoms with van der Waals surface area (Å²) < 4.78 is 0. The molecule has 1 aromatic heterocycles. The molecule has 0 bridgehead atoms. The Morgan fingerprint density at radius 1 is 1.11 bits per heavy atom. The van der Waals surface area contributed by atoms with Crippen LogP contribution in [-0.4, -0.2) is 28.2 Å². The molecule has 2 aromatic carbocycles. The lowest BCUT2D eigenvalue weighted by molar-refractivity contribution is -0.118. The van der Waals surface area contributed by atoms with Gasteiger partial charge < -0.3 is 5.32 Å². The van der Waals surface area contributed by atoms with Crippen molar-refractivity contribution in [2.45, 2.75) is 38.6 Å². The second-order valence-corrected chi connectivity index (χ2v) is 8.21. The summed E-state index contributed by atoms with van der Waals surface area (Å²) in [5, 5.41) is 4.87. The van der Waals surface area contributed by atoms with Crippen LogP contribution in [0.5, 0.6) is 0 Å². The van der Waals surface area contributed by atoms with E-state index in [1.54, 1.807) is 0 Å². The van der Waals surface area contributed by atoms with E-state index >= 15 is 0 Å². The Labute approximate surface area is 171 Å². The first kappa shape index (κ1) is 20.3. The van der Waals surface area contributed by atoms with E-state index in [2.05, 4.69) is 44.3 Å². The molecule has 0 spiro atoms. The van der Waals surface area contributed by atoms with Crippen LogP contribution in [0.3, 0.4) is 0 Å². The van der Waals surface area contributed by atoms with Crippen molar-refractivity contribution in [3.05, 3.63) is 54.1 Å². The Kier molecular flexibility index (Phi) is 7.04. The van der Waals surface area contributed by atoms with Crippen LogP contribution in [0.4, 0.5) is 0 Å². The smallest absolute Gasteiger partial charge is 0.230 e. The predicted molar refractivity (Wildman–Crippen MR) is 118 cm³/mol. The quantitative estimate of drug-likeness (QED) is 0.427. The molecular formula is C23H27N3OS. The van der Waals surface area contributed by atoms with Crippen molar-refractivity contribution in [3.8, 4) is 11.4 Å². The van der Waals surface area contributed by atoms with Crippen LogP contribution in [0.2, 0.25) is 0 Å². The molecule has 1 heterocycles. The summed E-state index contributed by atoms with van der Waals surface area (Å²) in [5.41, 5.74) is 3.13. The van der Waals surface area contributed by atoms with E-state index in [0.717, 1.165) is 40.9 Å². The van der Waals surface area contributed by atoms with Gasteiger partial charge in [-0.05, 0) is 36.5 Å². The number of thioether (sulfide) groups is 1. The number of hydrogen-bond donors (Lipinski definition) is 1. The Hall–Kier alpha value is -2.40. The number of aromatic nitrogens is 2. The van der Waals surface area contributed by atoms with Crippen molar-refractivity contribution < 1.29 is 4.79 Å². The Balaban J connectivity index is 1.86. The summed E-state index contributed by atoms with van der Waals surface area (Å²) in [5.74, 6) is 1.68. The molecule has 28 heavy (non-hydrogen) atoms. The van der Waals surface area contributed by atoms with Gasteiger partial charge in [0.25, 0.3) is 0 Å². The lowest BCUT2D eigenvalue weighted by Crippen LogP contribution is -2.26. The molecule has 0 aliphatic heterocycles. The van der Waals surface area contributed by atoms with Gasteiger partial charge in [0.1, 0.15) is 5.03 Å². The van der Waals surface area contributed by atoms with Crippen LogP contribution >= 0.6 is 11.8 Å². The van der Waals surface area contributed by atoms with Crippen molar-refractivity contribution in [2.75, 3.05) is 12.3 Å². The van der Waals surface area contributed by atoms with Gasteiger partial charge in [-0.25, -0.2) is 9.97 Å². The fourth-order valence-corrected chi connectivity index (χ4v) is 3.72. The average molecular weight is 394 g/mol. The molecule has 0 aliphatic rings. The van der Waals surface area contributed by atoms with Crippen molar-refractivity contribution in [2.24, 2.45) is 5.92 Å².